The highest BCUT2D eigenvalue weighted by Crippen LogP contribution is 2.20. The minimum atomic E-state index is -0.254. The van der Waals surface area contributed by atoms with Gasteiger partial charge >= 0.3 is 7.12 Å². The Kier molecular flexibility index (Phi) is 3.41. The molecule has 1 aromatic rings. The van der Waals surface area contributed by atoms with Crippen molar-refractivity contribution in [2.75, 3.05) is 13.2 Å². The second-order valence-electron chi connectivity index (χ2n) is 5.33. The normalized spacial score (nSPS) is 20.6. The van der Waals surface area contributed by atoms with Gasteiger partial charge in [0, 0.05) is 18.6 Å². The predicted molar refractivity (Wildman–Crippen MR) is 72.4 cm³/mol. The molecule has 0 aliphatic carbocycles. The van der Waals surface area contributed by atoms with Crippen LogP contribution in [0.1, 0.15) is 20.8 Å². The number of hydrogen-bond acceptors (Lipinski definition) is 2. The van der Waals surface area contributed by atoms with Gasteiger partial charge in [-0.15, -0.1) is 0 Å². The molecule has 1 saturated heterocycles. The van der Waals surface area contributed by atoms with Crippen LogP contribution in [0, 0.1) is 5.41 Å². The van der Waals surface area contributed by atoms with Gasteiger partial charge in [-0.2, -0.15) is 0 Å². The maximum Gasteiger partial charge on any atom is 0.494 e. The maximum absolute atomic E-state index is 5.81. The highest BCUT2D eigenvalue weighted by molar-refractivity contribution is 6.61. The standard InChI is InChI=1S/C14H19BO2/c1-5-12-11(2)7-6-8-13(12)15-16-9-14(3,4)10-17-15/h5-8H,2,9-10H2,1,3-4H3/b12-5+. The molecule has 0 aromatic heterocycles. The van der Waals surface area contributed by atoms with E-state index >= 15 is 0 Å². The average molecular weight is 230 g/mol. The summed E-state index contributed by atoms with van der Waals surface area (Å²) in [5.41, 5.74) is 1.18. The largest absolute Gasteiger partial charge is 0.494 e. The first-order chi connectivity index (χ1) is 8.03. The van der Waals surface area contributed by atoms with Gasteiger partial charge in [-0.3, -0.25) is 0 Å². The predicted octanol–water partition coefficient (Wildman–Crippen LogP) is 0.665. The van der Waals surface area contributed by atoms with Gasteiger partial charge < -0.3 is 9.31 Å². The first-order valence-corrected chi connectivity index (χ1v) is 6.01. The molecule has 1 heterocycles. The first-order valence-electron chi connectivity index (χ1n) is 6.01. The molecule has 17 heavy (non-hydrogen) atoms. The van der Waals surface area contributed by atoms with Crippen LogP contribution >= 0.6 is 0 Å². The van der Waals surface area contributed by atoms with Crippen LogP contribution in [0.4, 0.5) is 0 Å². The third-order valence-electron chi connectivity index (χ3n) is 3.02. The molecule has 3 heteroatoms. The zero-order valence-electron chi connectivity index (χ0n) is 10.8. The van der Waals surface area contributed by atoms with Crippen molar-refractivity contribution in [2.24, 2.45) is 5.41 Å². The summed E-state index contributed by atoms with van der Waals surface area (Å²) in [5, 5.41) is 2.14. The molecule has 1 aliphatic rings. The molecule has 0 N–H and O–H groups in total. The summed E-state index contributed by atoms with van der Waals surface area (Å²) in [7, 11) is -0.254. The van der Waals surface area contributed by atoms with Crippen LogP contribution in [-0.4, -0.2) is 20.3 Å². The zero-order chi connectivity index (χ0) is 12.5. The smallest absolute Gasteiger partial charge is 0.407 e. The Morgan fingerprint density at radius 2 is 1.94 bits per heavy atom. The molecule has 1 fully saturated rings. The van der Waals surface area contributed by atoms with Gasteiger partial charge in [-0.25, -0.2) is 0 Å². The van der Waals surface area contributed by atoms with Gasteiger partial charge in [0.05, 0.1) is 0 Å². The van der Waals surface area contributed by atoms with E-state index < -0.39 is 0 Å². The molecule has 90 valence electrons. The molecular weight excluding hydrogens is 211 g/mol. The van der Waals surface area contributed by atoms with Crippen molar-refractivity contribution in [1.82, 2.24) is 0 Å². The van der Waals surface area contributed by atoms with Crippen molar-refractivity contribution in [3.63, 3.8) is 0 Å². The summed E-state index contributed by atoms with van der Waals surface area (Å²) in [5.74, 6) is 0. The number of hydrogen-bond donors (Lipinski definition) is 0. The molecular formula is C14H19BO2. The molecule has 0 spiro atoms. The molecule has 1 aliphatic heterocycles. The summed E-state index contributed by atoms with van der Waals surface area (Å²) in [6.07, 6.45) is 2.06. The minimum Gasteiger partial charge on any atom is -0.407 e. The van der Waals surface area contributed by atoms with E-state index in [1.807, 2.05) is 25.1 Å². The van der Waals surface area contributed by atoms with Crippen LogP contribution in [0.15, 0.2) is 18.2 Å². The van der Waals surface area contributed by atoms with Crippen molar-refractivity contribution in [2.45, 2.75) is 20.8 Å². The van der Waals surface area contributed by atoms with Crippen molar-refractivity contribution >= 4 is 25.2 Å². The van der Waals surface area contributed by atoms with Crippen molar-refractivity contribution in [3.05, 3.63) is 28.6 Å². The van der Waals surface area contributed by atoms with Gasteiger partial charge in [-0.05, 0) is 22.8 Å². The Balaban J connectivity index is 2.31. The fourth-order valence-corrected chi connectivity index (χ4v) is 2.06. The van der Waals surface area contributed by atoms with E-state index in [-0.39, 0.29) is 12.5 Å². The highest BCUT2D eigenvalue weighted by atomic mass is 16.6. The average Bonchev–Trinajstić information content (AvgIpc) is 2.29. The van der Waals surface area contributed by atoms with Crippen LogP contribution in [0.2, 0.25) is 0 Å². The summed E-state index contributed by atoms with van der Waals surface area (Å²) in [6.45, 7) is 11.8. The molecule has 1 aromatic carbocycles. The Morgan fingerprint density at radius 1 is 1.29 bits per heavy atom. The SMILES string of the molecule is C=c1cccc(B2OCC(C)(C)CO2)/c1=C/C. The van der Waals surface area contributed by atoms with Crippen LogP contribution in [0.5, 0.6) is 0 Å². The lowest BCUT2D eigenvalue weighted by Crippen LogP contribution is -2.55. The minimum absolute atomic E-state index is 0.106. The summed E-state index contributed by atoms with van der Waals surface area (Å²) < 4.78 is 11.6. The molecule has 0 unspecified atom stereocenters. The van der Waals surface area contributed by atoms with E-state index in [0.717, 1.165) is 29.1 Å². The third-order valence-corrected chi connectivity index (χ3v) is 3.02. The van der Waals surface area contributed by atoms with E-state index in [1.165, 1.54) is 0 Å². The van der Waals surface area contributed by atoms with Crippen molar-refractivity contribution < 1.29 is 9.31 Å². The summed E-state index contributed by atoms with van der Waals surface area (Å²) in [4.78, 5) is 0. The van der Waals surface area contributed by atoms with Gasteiger partial charge in [0.25, 0.3) is 0 Å². The van der Waals surface area contributed by atoms with Gasteiger partial charge in [0.1, 0.15) is 0 Å². The van der Waals surface area contributed by atoms with E-state index in [1.54, 1.807) is 0 Å². The Morgan fingerprint density at radius 3 is 2.53 bits per heavy atom. The van der Waals surface area contributed by atoms with E-state index in [4.69, 9.17) is 9.31 Å². The molecule has 0 saturated carbocycles. The topological polar surface area (TPSA) is 18.5 Å². The maximum atomic E-state index is 5.81. The lowest BCUT2D eigenvalue weighted by Gasteiger charge is -2.33. The van der Waals surface area contributed by atoms with Crippen molar-refractivity contribution in [3.8, 4) is 0 Å². The van der Waals surface area contributed by atoms with Crippen molar-refractivity contribution in [1.29, 1.82) is 0 Å². The van der Waals surface area contributed by atoms with Crippen LogP contribution in [-0.2, 0) is 9.31 Å². The van der Waals surface area contributed by atoms with Gasteiger partial charge in [0.15, 0.2) is 0 Å². The van der Waals surface area contributed by atoms with Crippen LogP contribution in [0.3, 0.4) is 0 Å². The van der Waals surface area contributed by atoms with E-state index in [2.05, 4.69) is 26.5 Å². The molecule has 0 amide bonds. The number of rotatable bonds is 1. The Hall–Kier alpha value is -1.06. The zero-order valence-corrected chi connectivity index (χ0v) is 10.8. The second-order valence-corrected chi connectivity index (χ2v) is 5.33. The second kappa shape index (κ2) is 4.67. The highest BCUT2D eigenvalue weighted by Gasteiger charge is 2.33. The Labute approximate surface area is 103 Å². The lowest BCUT2D eigenvalue weighted by atomic mass is 9.74. The third kappa shape index (κ3) is 2.62. The molecule has 2 rings (SSSR count). The quantitative estimate of drug-likeness (QED) is 0.660. The summed E-state index contributed by atoms with van der Waals surface area (Å²) in [6, 6.07) is 6.05. The molecule has 2 nitrogen and oxygen atoms in total. The van der Waals surface area contributed by atoms with E-state index in [0.29, 0.717) is 0 Å². The first kappa shape index (κ1) is 12.4. The van der Waals surface area contributed by atoms with Gasteiger partial charge in [-0.1, -0.05) is 44.7 Å². The monoisotopic (exact) mass is 230 g/mol. The van der Waals surface area contributed by atoms with Gasteiger partial charge in [0.2, 0.25) is 0 Å². The number of benzene rings is 1. The summed E-state index contributed by atoms with van der Waals surface area (Å²) >= 11 is 0. The fraction of sp³-hybridized carbons (Fsp3) is 0.429. The Bertz CT molecular complexity index is 497. The van der Waals surface area contributed by atoms with E-state index in [9.17, 15) is 0 Å². The van der Waals surface area contributed by atoms with Crippen LogP contribution < -0.4 is 15.9 Å². The fourth-order valence-electron chi connectivity index (χ4n) is 2.06. The molecule has 0 radical (unpaired) electrons. The van der Waals surface area contributed by atoms with Crippen LogP contribution in [0.25, 0.3) is 12.7 Å². The lowest BCUT2D eigenvalue weighted by molar-refractivity contribution is 0.0342. The molecule has 0 atom stereocenters. The molecule has 0 bridgehead atoms.